The molecule has 0 aliphatic carbocycles. The number of halogens is 1. The van der Waals surface area contributed by atoms with Crippen LogP contribution in [0.2, 0.25) is 0 Å². The highest BCUT2D eigenvalue weighted by molar-refractivity contribution is 9.10. The smallest absolute Gasteiger partial charge is 0.298 e. The van der Waals surface area contributed by atoms with Crippen molar-refractivity contribution in [2.24, 2.45) is 7.05 Å². The maximum Gasteiger partial charge on any atom is 0.298 e. The lowest BCUT2D eigenvalue weighted by atomic mass is 10.1. The van der Waals surface area contributed by atoms with Crippen LogP contribution in [-0.4, -0.2) is 26.5 Å². The number of amides is 1. The number of carbonyl (C=O) groups excluding carboxylic acids is 2. The molecule has 0 atom stereocenters. The van der Waals surface area contributed by atoms with Gasteiger partial charge in [0, 0.05) is 23.4 Å². The molecule has 7 heteroatoms. The lowest BCUT2D eigenvalue weighted by molar-refractivity contribution is -0.112. The summed E-state index contributed by atoms with van der Waals surface area (Å²) in [5.74, 6) is -1.01. The largest absolute Gasteiger partial charge is 0.304 e. The lowest BCUT2D eigenvalue weighted by Crippen LogP contribution is -2.24. The summed E-state index contributed by atoms with van der Waals surface area (Å²) >= 11 is 3.25. The van der Waals surface area contributed by atoms with Crippen molar-refractivity contribution in [3.8, 4) is 0 Å². The van der Waals surface area contributed by atoms with E-state index in [9.17, 15) is 9.59 Å². The van der Waals surface area contributed by atoms with Gasteiger partial charge in [0.15, 0.2) is 0 Å². The lowest BCUT2D eigenvalue weighted by Gasteiger charge is -2.04. The highest BCUT2D eigenvalue weighted by Crippen LogP contribution is 2.14. The molecular formula is C13H13BrN4O2. The highest BCUT2D eigenvalue weighted by Gasteiger charge is 2.24. The molecule has 6 nitrogen and oxygen atoms in total. The van der Waals surface area contributed by atoms with Gasteiger partial charge < -0.3 is 5.32 Å². The number of rotatable bonds is 3. The van der Waals surface area contributed by atoms with Crippen LogP contribution < -0.4 is 5.32 Å². The molecule has 2 heterocycles. The van der Waals surface area contributed by atoms with Crippen molar-refractivity contribution in [3.63, 3.8) is 0 Å². The number of pyridine rings is 1. The van der Waals surface area contributed by atoms with Crippen LogP contribution in [0.5, 0.6) is 0 Å². The molecule has 104 valence electrons. The Kier molecular flexibility index (Phi) is 3.99. The van der Waals surface area contributed by atoms with Crippen molar-refractivity contribution in [3.05, 3.63) is 39.8 Å². The van der Waals surface area contributed by atoms with Gasteiger partial charge in [-0.05, 0) is 41.9 Å². The van der Waals surface area contributed by atoms with Gasteiger partial charge in [0.25, 0.3) is 11.7 Å². The third-order valence-corrected chi connectivity index (χ3v) is 3.38. The molecule has 0 radical (unpaired) electrons. The maximum absolute atomic E-state index is 12.2. The molecule has 0 spiro atoms. The number of hydrogen-bond acceptors (Lipinski definition) is 4. The molecule has 0 unspecified atom stereocenters. The Bertz CT molecular complexity index is 676. The zero-order valence-electron chi connectivity index (χ0n) is 11.3. The van der Waals surface area contributed by atoms with E-state index in [1.165, 1.54) is 0 Å². The molecule has 0 aliphatic heterocycles. The van der Waals surface area contributed by atoms with Gasteiger partial charge >= 0.3 is 0 Å². The monoisotopic (exact) mass is 336 g/mol. The molecule has 0 saturated heterocycles. The topological polar surface area (TPSA) is 76.9 Å². The average Bonchev–Trinajstić information content (AvgIpc) is 2.65. The number of Topliss-reactive ketones (excluding diaryl/α,β-unsaturated/α-hetero) is 1. The van der Waals surface area contributed by atoms with Crippen LogP contribution in [-0.2, 0) is 11.8 Å². The standard InChI is InChI=1S/C13H13BrN4O2/c1-7-11(8(2)18(3)17-7)12(19)13(20)16-10-5-4-9(14)6-15-10/h4-6H,1-3H3,(H,15,16,20). The molecule has 0 fully saturated rings. The molecular weight excluding hydrogens is 324 g/mol. The third kappa shape index (κ3) is 2.77. The van der Waals surface area contributed by atoms with E-state index >= 15 is 0 Å². The summed E-state index contributed by atoms with van der Waals surface area (Å²) in [4.78, 5) is 28.1. The van der Waals surface area contributed by atoms with E-state index in [1.54, 1.807) is 43.9 Å². The van der Waals surface area contributed by atoms with Gasteiger partial charge in [-0.2, -0.15) is 5.10 Å². The Morgan fingerprint density at radius 3 is 2.50 bits per heavy atom. The van der Waals surface area contributed by atoms with Gasteiger partial charge in [0.05, 0.1) is 11.3 Å². The fraction of sp³-hybridized carbons (Fsp3) is 0.231. The highest BCUT2D eigenvalue weighted by atomic mass is 79.9. The summed E-state index contributed by atoms with van der Waals surface area (Å²) in [6.45, 7) is 3.45. The van der Waals surface area contributed by atoms with Gasteiger partial charge in [0.1, 0.15) is 5.82 Å². The van der Waals surface area contributed by atoms with Crippen molar-refractivity contribution in [1.82, 2.24) is 14.8 Å². The van der Waals surface area contributed by atoms with Crippen LogP contribution in [0.1, 0.15) is 21.7 Å². The van der Waals surface area contributed by atoms with Crippen LogP contribution in [0.25, 0.3) is 0 Å². The number of nitrogens with zero attached hydrogens (tertiary/aromatic N) is 3. The van der Waals surface area contributed by atoms with Gasteiger partial charge in [-0.1, -0.05) is 0 Å². The van der Waals surface area contributed by atoms with Crippen molar-refractivity contribution >= 4 is 33.4 Å². The van der Waals surface area contributed by atoms with E-state index in [-0.39, 0.29) is 0 Å². The summed E-state index contributed by atoms with van der Waals surface area (Å²) in [6, 6.07) is 3.34. The Morgan fingerprint density at radius 1 is 1.30 bits per heavy atom. The molecule has 1 amide bonds. The van der Waals surface area contributed by atoms with E-state index in [0.29, 0.717) is 22.8 Å². The van der Waals surface area contributed by atoms with Crippen molar-refractivity contribution < 1.29 is 9.59 Å². The first-order valence-electron chi connectivity index (χ1n) is 5.87. The molecule has 0 aromatic carbocycles. The van der Waals surface area contributed by atoms with E-state index < -0.39 is 11.7 Å². The first kappa shape index (κ1) is 14.4. The summed E-state index contributed by atoms with van der Waals surface area (Å²) in [5.41, 5.74) is 1.53. The van der Waals surface area contributed by atoms with E-state index in [4.69, 9.17) is 0 Å². The summed E-state index contributed by atoms with van der Waals surface area (Å²) in [5, 5.41) is 6.60. The molecule has 2 aromatic heterocycles. The number of carbonyl (C=O) groups is 2. The molecule has 20 heavy (non-hydrogen) atoms. The number of aromatic nitrogens is 3. The minimum absolute atomic E-state index is 0.325. The van der Waals surface area contributed by atoms with Crippen molar-refractivity contribution in [1.29, 1.82) is 0 Å². The van der Waals surface area contributed by atoms with Gasteiger partial charge in [0.2, 0.25) is 0 Å². The van der Waals surface area contributed by atoms with E-state index in [0.717, 1.165) is 4.47 Å². The Labute approximate surface area is 124 Å². The predicted octanol–water partition coefficient (Wildman–Crippen LogP) is 2.02. The minimum Gasteiger partial charge on any atom is -0.304 e. The number of anilines is 1. The summed E-state index contributed by atoms with van der Waals surface area (Å²) in [7, 11) is 1.73. The zero-order valence-corrected chi connectivity index (χ0v) is 12.9. The van der Waals surface area contributed by atoms with Crippen LogP contribution in [0, 0.1) is 13.8 Å². The quantitative estimate of drug-likeness (QED) is 0.687. The number of ketones is 1. The van der Waals surface area contributed by atoms with Crippen molar-refractivity contribution in [2.45, 2.75) is 13.8 Å². The Balaban J connectivity index is 2.21. The molecule has 0 saturated carbocycles. The van der Waals surface area contributed by atoms with Crippen LogP contribution in [0.15, 0.2) is 22.8 Å². The fourth-order valence-electron chi connectivity index (χ4n) is 1.84. The number of nitrogens with one attached hydrogen (secondary N) is 1. The average molecular weight is 337 g/mol. The molecule has 1 N–H and O–H groups in total. The predicted molar refractivity (Wildman–Crippen MR) is 77.6 cm³/mol. The second-order valence-corrected chi connectivity index (χ2v) is 5.23. The van der Waals surface area contributed by atoms with Crippen LogP contribution in [0.4, 0.5) is 5.82 Å². The molecule has 0 aliphatic rings. The minimum atomic E-state index is -0.723. The fourth-order valence-corrected chi connectivity index (χ4v) is 2.07. The van der Waals surface area contributed by atoms with E-state index in [1.807, 2.05) is 0 Å². The van der Waals surface area contributed by atoms with Crippen LogP contribution >= 0.6 is 15.9 Å². The second kappa shape index (κ2) is 5.54. The summed E-state index contributed by atoms with van der Waals surface area (Å²) in [6.07, 6.45) is 1.54. The van der Waals surface area contributed by atoms with Gasteiger partial charge in [-0.15, -0.1) is 0 Å². The van der Waals surface area contributed by atoms with Gasteiger partial charge in [-0.3, -0.25) is 14.3 Å². The summed E-state index contributed by atoms with van der Waals surface area (Å²) < 4.78 is 2.37. The third-order valence-electron chi connectivity index (χ3n) is 2.91. The molecule has 2 aromatic rings. The normalized spacial score (nSPS) is 10.4. The Morgan fingerprint density at radius 2 is 2.00 bits per heavy atom. The maximum atomic E-state index is 12.2. The zero-order chi connectivity index (χ0) is 14.9. The SMILES string of the molecule is Cc1nn(C)c(C)c1C(=O)C(=O)Nc1ccc(Br)cn1. The first-order valence-corrected chi connectivity index (χ1v) is 6.67. The van der Waals surface area contributed by atoms with E-state index in [2.05, 4.69) is 31.3 Å². The second-order valence-electron chi connectivity index (χ2n) is 4.31. The number of hydrogen-bond donors (Lipinski definition) is 1. The molecule has 0 bridgehead atoms. The number of aryl methyl sites for hydroxylation is 2. The Hall–Kier alpha value is -2.02. The van der Waals surface area contributed by atoms with Gasteiger partial charge in [-0.25, -0.2) is 4.98 Å². The van der Waals surface area contributed by atoms with Crippen molar-refractivity contribution in [2.75, 3.05) is 5.32 Å². The first-order chi connectivity index (χ1) is 9.40. The molecule has 2 rings (SSSR count). The van der Waals surface area contributed by atoms with Crippen LogP contribution in [0.3, 0.4) is 0 Å².